The summed E-state index contributed by atoms with van der Waals surface area (Å²) in [5.74, 6) is 0.638. The molecule has 3 aromatic rings. The summed E-state index contributed by atoms with van der Waals surface area (Å²) in [6.45, 7) is 3.73. The standard InChI is InChI=1S/C16H13Cl2FN2/c1-9-3-4-11(18)6-14(9)21-15-5-10(2)12(19)7-13(15)20-16(21)8-17/h3-7H,8H2,1-2H3. The summed E-state index contributed by atoms with van der Waals surface area (Å²) in [6.07, 6.45) is 0. The van der Waals surface area contributed by atoms with Crippen LogP contribution >= 0.6 is 23.2 Å². The Morgan fingerprint density at radius 2 is 1.90 bits per heavy atom. The number of aromatic nitrogens is 2. The molecule has 0 N–H and O–H groups in total. The molecule has 0 aliphatic carbocycles. The third-order valence-corrected chi connectivity index (χ3v) is 4.01. The van der Waals surface area contributed by atoms with Crippen LogP contribution in [0, 0.1) is 19.7 Å². The lowest BCUT2D eigenvalue weighted by Gasteiger charge is -2.12. The molecule has 1 heterocycles. The molecule has 3 rings (SSSR count). The van der Waals surface area contributed by atoms with Crippen LogP contribution in [0.5, 0.6) is 0 Å². The smallest absolute Gasteiger partial charge is 0.129 e. The second-order valence-corrected chi connectivity index (χ2v) is 5.72. The normalized spacial score (nSPS) is 11.3. The predicted octanol–water partition coefficient (Wildman–Crippen LogP) is 5.17. The molecule has 0 spiro atoms. The SMILES string of the molecule is Cc1cc2c(cc1F)nc(CCl)n2-c1cc(Cl)ccc1C. The lowest BCUT2D eigenvalue weighted by atomic mass is 10.1. The van der Waals surface area contributed by atoms with Gasteiger partial charge in [0.25, 0.3) is 0 Å². The van der Waals surface area contributed by atoms with Crippen molar-refractivity contribution in [1.82, 2.24) is 9.55 Å². The van der Waals surface area contributed by atoms with E-state index in [0.29, 0.717) is 21.9 Å². The van der Waals surface area contributed by atoms with Crippen LogP contribution in [0.25, 0.3) is 16.7 Å². The maximum absolute atomic E-state index is 13.7. The van der Waals surface area contributed by atoms with E-state index in [1.807, 2.05) is 29.7 Å². The molecular formula is C16H13Cl2FN2. The van der Waals surface area contributed by atoms with E-state index < -0.39 is 0 Å². The first-order valence-corrected chi connectivity index (χ1v) is 7.42. The van der Waals surface area contributed by atoms with Crippen molar-refractivity contribution in [2.24, 2.45) is 0 Å². The van der Waals surface area contributed by atoms with Crippen LogP contribution in [0.4, 0.5) is 4.39 Å². The Labute approximate surface area is 132 Å². The summed E-state index contributed by atoms with van der Waals surface area (Å²) in [7, 11) is 0. The number of hydrogen-bond acceptors (Lipinski definition) is 1. The van der Waals surface area contributed by atoms with Crippen molar-refractivity contribution in [3.63, 3.8) is 0 Å². The van der Waals surface area contributed by atoms with Gasteiger partial charge >= 0.3 is 0 Å². The zero-order valence-corrected chi connectivity index (χ0v) is 13.1. The number of rotatable bonds is 2. The Kier molecular flexibility index (Phi) is 3.64. The topological polar surface area (TPSA) is 17.8 Å². The summed E-state index contributed by atoms with van der Waals surface area (Å²) in [4.78, 5) is 4.43. The highest BCUT2D eigenvalue weighted by atomic mass is 35.5. The van der Waals surface area contributed by atoms with Crippen molar-refractivity contribution in [2.75, 3.05) is 0 Å². The summed E-state index contributed by atoms with van der Waals surface area (Å²) < 4.78 is 15.7. The lowest BCUT2D eigenvalue weighted by molar-refractivity contribution is 0.620. The minimum Gasteiger partial charge on any atom is -0.295 e. The Morgan fingerprint density at radius 1 is 1.14 bits per heavy atom. The summed E-state index contributed by atoms with van der Waals surface area (Å²) >= 11 is 12.1. The van der Waals surface area contributed by atoms with Gasteiger partial charge in [0.2, 0.25) is 0 Å². The van der Waals surface area contributed by atoms with Crippen molar-refractivity contribution < 1.29 is 4.39 Å². The van der Waals surface area contributed by atoms with E-state index in [9.17, 15) is 4.39 Å². The second kappa shape index (κ2) is 5.32. The van der Waals surface area contributed by atoms with Crippen LogP contribution in [-0.2, 0) is 5.88 Å². The molecule has 0 aliphatic rings. The number of halogens is 3. The average Bonchev–Trinajstić information content (AvgIpc) is 2.79. The highest BCUT2D eigenvalue weighted by Crippen LogP contribution is 2.28. The number of fused-ring (bicyclic) bond motifs is 1. The predicted molar refractivity (Wildman–Crippen MR) is 85.1 cm³/mol. The molecule has 5 heteroatoms. The molecule has 0 atom stereocenters. The van der Waals surface area contributed by atoms with Crippen molar-refractivity contribution in [2.45, 2.75) is 19.7 Å². The Bertz CT molecular complexity index is 840. The largest absolute Gasteiger partial charge is 0.295 e. The maximum Gasteiger partial charge on any atom is 0.129 e. The highest BCUT2D eigenvalue weighted by Gasteiger charge is 2.15. The average molecular weight is 323 g/mol. The maximum atomic E-state index is 13.7. The third-order valence-electron chi connectivity index (χ3n) is 3.54. The molecule has 0 amide bonds. The summed E-state index contributed by atoms with van der Waals surface area (Å²) in [6, 6.07) is 8.88. The van der Waals surface area contributed by atoms with Crippen molar-refractivity contribution in [3.05, 3.63) is 58.1 Å². The van der Waals surface area contributed by atoms with Crippen molar-refractivity contribution in [1.29, 1.82) is 0 Å². The van der Waals surface area contributed by atoms with Crippen LogP contribution in [0.2, 0.25) is 5.02 Å². The minimum atomic E-state index is -0.268. The van der Waals surface area contributed by atoms with Gasteiger partial charge in [-0.15, -0.1) is 11.6 Å². The van der Waals surface area contributed by atoms with Gasteiger partial charge in [-0.25, -0.2) is 9.37 Å². The van der Waals surface area contributed by atoms with E-state index in [-0.39, 0.29) is 11.7 Å². The van der Waals surface area contributed by atoms with Crippen molar-refractivity contribution >= 4 is 34.2 Å². The quantitative estimate of drug-likeness (QED) is 0.595. The molecule has 2 aromatic carbocycles. The van der Waals surface area contributed by atoms with Gasteiger partial charge in [0.15, 0.2) is 0 Å². The molecule has 0 bridgehead atoms. The zero-order chi connectivity index (χ0) is 15.1. The Morgan fingerprint density at radius 3 is 2.62 bits per heavy atom. The first kappa shape index (κ1) is 14.4. The lowest BCUT2D eigenvalue weighted by Crippen LogP contribution is -2.01. The number of benzene rings is 2. The van der Waals surface area contributed by atoms with Gasteiger partial charge < -0.3 is 0 Å². The van der Waals surface area contributed by atoms with E-state index in [1.54, 1.807) is 13.0 Å². The molecule has 0 saturated carbocycles. The molecule has 0 aliphatic heterocycles. The molecule has 0 radical (unpaired) electrons. The number of alkyl halides is 1. The van der Waals surface area contributed by atoms with Gasteiger partial charge in [0, 0.05) is 11.1 Å². The zero-order valence-electron chi connectivity index (χ0n) is 11.6. The summed E-state index contributed by atoms with van der Waals surface area (Å²) in [5, 5.41) is 0.636. The Hall–Kier alpha value is -1.58. The highest BCUT2D eigenvalue weighted by molar-refractivity contribution is 6.30. The van der Waals surface area contributed by atoms with E-state index in [2.05, 4.69) is 4.98 Å². The van der Waals surface area contributed by atoms with Crippen LogP contribution in [-0.4, -0.2) is 9.55 Å². The fourth-order valence-electron chi connectivity index (χ4n) is 2.43. The number of aryl methyl sites for hydroxylation is 2. The van der Waals surface area contributed by atoms with Gasteiger partial charge in [-0.05, 0) is 43.2 Å². The number of hydrogen-bond donors (Lipinski definition) is 0. The van der Waals surface area contributed by atoms with Gasteiger partial charge in [-0.1, -0.05) is 17.7 Å². The van der Waals surface area contributed by atoms with Crippen LogP contribution in [0.15, 0.2) is 30.3 Å². The van der Waals surface area contributed by atoms with Gasteiger partial charge in [-0.3, -0.25) is 4.57 Å². The van der Waals surface area contributed by atoms with Gasteiger partial charge in [-0.2, -0.15) is 0 Å². The summed E-state index contributed by atoms with van der Waals surface area (Å²) in [5.41, 5.74) is 3.95. The van der Waals surface area contributed by atoms with E-state index in [0.717, 1.165) is 16.8 Å². The molecule has 1 aromatic heterocycles. The molecule has 108 valence electrons. The molecule has 0 fully saturated rings. The van der Waals surface area contributed by atoms with E-state index >= 15 is 0 Å². The first-order chi connectivity index (χ1) is 10.0. The fraction of sp³-hybridized carbons (Fsp3) is 0.188. The molecule has 0 unspecified atom stereocenters. The first-order valence-electron chi connectivity index (χ1n) is 6.51. The molecule has 21 heavy (non-hydrogen) atoms. The van der Waals surface area contributed by atoms with Crippen LogP contribution in [0.1, 0.15) is 17.0 Å². The molecule has 2 nitrogen and oxygen atoms in total. The molecule has 0 saturated heterocycles. The fourth-order valence-corrected chi connectivity index (χ4v) is 2.78. The van der Waals surface area contributed by atoms with E-state index in [4.69, 9.17) is 23.2 Å². The monoisotopic (exact) mass is 322 g/mol. The number of nitrogens with zero attached hydrogens (tertiary/aromatic N) is 2. The number of imidazole rings is 1. The van der Waals surface area contributed by atoms with E-state index in [1.165, 1.54) is 6.07 Å². The van der Waals surface area contributed by atoms with Crippen LogP contribution in [0.3, 0.4) is 0 Å². The third kappa shape index (κ3) is 2.41. The second-order valence-electron chi connectivity index (χ2n) is 5.02. The minimum absolute atomic E-state index is 0.237. The van der Waals surface area contributed by atoms with Crippen LogP contribution < -0.4 is 0 Å². The Balaban J connectivity index is 2.40. The van der Waals surface area contributed by atoms with Crippen molar-refractivity contribution in [3.8, 4) is 5.69 Å². The van der Waals surface area contributed by atoms with Gasteiger partial charge in [0.05, 0.1) is 22.6 Å². The van der Waals surface area contributed by atoms with Gasteiger partial charge in [0.1, 0.15) is 11.6 Å². The molecular weight excluding hydrogens is 310 g/mol.